The zero-order valence-corrected chi connectivity index (χ0v) is 17.9. The molecule has 158 valence electrons. The first-order chi connectivity index (χ1) is 14.7. The molecule has 0 aliphatic carbocycles. The van der Waals surface area contributed by atoms with Gasteiger partial charge in [-0.15, -0.1) is 0 Å². The Labute approximate surface area is 178 Å². The van der Waals surface area contributed by atoms with Crippen molar-refractivity contribution in [2.75, 3.05) is 51.7 Å². The maximum Gasteiger partial charge on any atom is 0.191 e. The van der Waals surface area contributed by atoms with Crippen molar-refractivity contribution in [1.82, 2.24) is 25.5 Å². The van der Waals surface area contributed by atoms with Crippen molar-refractivity contribution >= 4 is 22.7 Å². The summed E-state index contributed by atoms with van der Waals surface area (Å²) >= 11 is 0. The molecule has 2 aromatic heterocycles. The average Bonchev–Trinajstić information content (AvgIpc) is 3.20. The number of H-pyrrole nitrogens is 1. The predicted molar refractivity (Wildman–Crippen MR) is 124 cm³/mol. The van der Waals surface area contributed by atoms with Crippen LogP contribution in [0, 0.1) is 0 Å². The van der Waals surface area contributed by atoms with Crippen LogP contribution >= 0.6 is 0 Å². The van der Waals surface area contributed by atoms with Gasteiger partial charge in [-0.1, -0.05) is 24.3 Å². The molecule has 1 aromatic carbocycles. The van der Waals surface area contributed by atoms with Crippen LogP contribution in [0.4, 0.5) is 5.82 Å². The second-order valence-corrected chi connectivity index (χ2v) is 7.74. The number of aromatic amines is 1. The van der Waals surface area contributed by atoms with Gasteiger partial charge in [-0.2, -0.15) is 0 Å². The van der Waals surface area contributed by atoms with Crippen LogP contribution in [-0.2, 0) is 13.0 Å². The highest BCUT2D eigenvalue weighted by atomic mass is 15.3. The Kier molecular flexibility index (Phi) is 6.49. The van der Waals surface area contributed by atoms with Crippen LogP contribution in [0.15, 0.2) is 53.8 Å². The van der Waals surface area contributed by atoms with E-state index in [9.17, 15) is 0 Å². The zero-order valence-electron chi connectivity index (χ0n) is 17.9. The van der Waals surface area contributed by atoms with Gasteiger partial charge in [0.05, 0.1) is 0 Å². The molecule has 1 aliphatic heterocycles. The Bertz CT molecular complexity index is 986. The normalized spacial score (nSPS) is 15.5. The highest BCUT2D eigenvalue weighted by molar-refractivity contribution is 5.83. The van der Waals surface area contributed by atoms with Gasteiger partial charge < -0.3 is 25.4 Å². The number of aliphatic imine (C=N–C) groups is 1. The fraction of sp³-hybridized carbons (Fsp3) is 0.391. The maximum absolute atomic E-state index is 4.66. The van der Waals surface area contributed by atoms with Crippen LogP contribution in [0.3, 0.4) is 0 Å². The van der Waals surface area contributed by atoms with E-state index in [0.29, 0.717) is 6.54 Å². The van der Waals surface area contributed by atoms with Gasteiger partial charge in [-0.3, -0.25) is 4.99 Å². The summed E-state index contributed by atoms with van der Waals surface area (Å²) in [5.74, 6) is 1.88. The number of fused-ring (bicyclic) bond motifs is 1. The highest BCUT2D eigenvalue weighted by Crippen LogP contribution is 2.19. The number of pyridine rings is 1. The van der Waals surface area contributed by atoms with Crippen LogP contribution < -0.4 is 15.5 Å². The number of hydrogen-bond acceptors (Lipinski definition) is 4. The van der Waals surface area contributed by atoms with Gasteiger partial charge in [0, 0.05) is 75.2 Å². The molecule has 3 aromatic rings. The molecule has 0 spiro atoms. The number of likely N-dealkylation sites (N-methyl/N-ethyl adjacent to an activating group) is 1. The number of rotatable bonds is 6. The number of anilines is 1. The fourth-order valence-electron chi connectivity index (χ4n) is 3.92. The van der Waals surface area contributed by atoms with Crippen LogP contribution in [-0.4, -0.2) is 67.6 Å². The molecular formula is C23H31N7. The number of nitrogens with zero attached hydrogens (tertiary/aromatic N) is 4. The summed E-state index contributed by atoms with van der Waals surface area (Å²) in [5.41, 5.74) is 3.70. The molecule has 7 heteroatoms. The van der Waals surface area contributed by atoms with Crippen molar-refractivity contribution in [2.24, 2.45) is 4.99 Å². The zero-order chi connectivity index (χ0) is 20.8. The van der Waals surface area contributed by atoms with Crippen molar-refractivity contribution in [3.8, 4) is 0 Å². The van der Waals surface area contributed by atoms with E-state index in [1.54, 1.807) is 0 Å². The highest BCUT2D eigenvalue weighted by Gasteiger charge is 2.18. The van der Waals surface area contributed by atoms with E-state index in [4.69, 9.17) is 0 Å². The lowest BCUT2D eigenvalue weighted by Gasteiger charge is -2.34. The van der Waals surface area contributed by atoms with Gasteiger partial charge in [-0.05, 0) is 31.2 Å². The Hall–Kier alpha value is -3.06. The molecule has 3 N–H and O–H groups in total. The number of hydrogen-bond donors (Lipinski definition) is 3. The van der Waals surface area contributed by atoms with Gasteiger partial charge in [0.2, 0.25) is 0 Å². The van der Waals surface area contributed by atoms with Crippen molar-refractivity contribution < 1.29 is 0 Å². The van der Waals surface area contributed by atoms with Crippen LogP contribution in [0.5, 0.6) is 0 Å². The SMILES string of the molecule is CN=C(NCCc1c[nH]c2ccccc12)NCc1cccnc1N1CCN(C)CC1. The quantitative estimate of drug-likeness (QED) is 0.433. The Balaban J connectivity index is 1.32. The lowest BCUT2D eigenvalue weighted by Crippen LogP contribution is -2.45. The first-order valence-electron chi connectivity index (χ1n) is 10.6. The van der Waals surface area contributed by atoms with Gasteiger partial charge in [0.15, 0.2) is 5.96 Å². The number of para-hydroxylation sites is 1. The molecule has 0 atom stereocenters. The summed E-state index contributed by atoms with van der Waals surface area (Å²) in [6.45, 7) is 5.68. The molecule has 0 saturated carbocycles. The predicted octanol–water partition coefficient (Wildman–Crippen LogP) is 2.22. The Morgan fingerprint density at radius 2 is 1.90 bits per heavy atom. The number of benzene rings is 1. The molecule has 1 aliphatic rings. The third kappa shape index (κ3) is 4.74. The Morgan fingerprint density at radius 1 is 1.07 bits per heavy atom. The van der Waals surface area contributed by atoms with Crippen molar-refractivity contribution in [3.05, 3.63) is 59.9 Å². The summed E-state index contributed by atoms with van der Waals surface area (Å²) in [4.78, 5) is 17.1. The van der Waals surface area contributed by atoms with Gasteiger partial charge in [0.25, 0.3) is 0 Å². The van der Waals surface area contributed by atoms with E-state index in [1.165, 1.54) is 22.0 Å². The van der Waals surface area contributed by atoms with E-state index in [-0.39, 0.29) is 0 Å². The molecular weight excluding hydrogens is 374 g/mol. The molecule has 4 rings (SSSR count). The van der Waals surface area contributed by atoms with E-state index in [1.807, 2.05) is 19.3 Å². The third-order valence-electron chi connectivity index (χ3n) is 5.70. The minimum absolute atomic E-state index is 0.697. The topological polar surface area (TPSA) is 71.6 Å². The third-order valence-corrected chi connectivity index (χ3v) is 5.70. The smallest absolute Gasteiger partial charge is 0.191 e. The maximum atomic E-state index is 4.66. The second-order valence-electron chi connectivity index (χ2n) is 7.74. The molecule has 0 bridgehead atoms. The van der Waals surface area contributed by atoms with E-state index >= 15 is 0 Å². The number of nitrogens with one attached hydrogen (secondary N) is 3. The number of aromatic nitrogens is 2. The fourth-order valence-corrected chi connectivity index (χ4v) is 3.92. The molecule has 0 unspecified atom stereocenters. The molecule has 1 saturated heterocycles. The summed E-state index contributed by atoms with van der Waals surface area (Å²) in [7, 11) is 3.98. The molecule has 30 heavy (non-hydrogen) atoms. The summed E-state index contributed by atoms with van der Waals surface area (Å²) in [5, 5.41) is 8.16. The lowest BCUT2D eigenvalue weighted by atomic mass is 10.1. The molecule has 0 radical (unpaired) electrons. The standard InChI is InChI=1S/C23H31N7/c1-24-23(26-11-9-18-16-27-21-8-4-3-7-20(18)21)28-17-19-6-5-10-25-22(19)30-14-12-29(2)13-15-30/h3-8,10,16,27H,9,11-15,17H2,1-2H3,(H2,24,26,28). The van der Waals surface area contributed by atoms with Crippen LogP contribution in [0.1, 0.15) is 11.1 Å². The minimum atomic E-state index is 0.697. The van der Waals surface area contributed by atoms with Crippen molar-refractivity contribution in [3.63, 3.8) is 0 Å². The van der Waals surface area contributed by atoms with Gasteiger partial charge in [0.1, 0.15) is 5.82 Å². The number of guanidine groups is 1. The molecule has 0 amide bonds. The van der Waals surface area contributed by atoms with E-state index < -0.39 is 0 Å². The van der Waals surface area contributed by atoms with Crippen LogP contribution in [0.25, 0.3) is 10.9 Å². The lowest BCUT2D eigenvalue weighted by molar-refractivity contribution is 0.312. The van der Waals surface area contributed by atoms with E-state index in [2.05, 4.69) is 79.0 Å². The first kappa shape index (κ1) is 20.2. The summed E-state index contributed by atoms with van der Waals surface area (Å²) in [6, 6.07) is 12.6. The van der Waals surface area contributed by atoms with Crippen molar-refractivity contribution in [2.45, 2.75) is 13.0 Å². The molecule has 7 nitrogen and oxygen atoms in total. The van der Waals surface area contributed by atoms with Gasteiger partial charge >= 0.3 is 0 Å². The van der Waals surface area contributed by atoms with Crippen LogP contribution in [0.2, 0.25) is 0 Å². The first-order valence-corrected chi connectivity index (χ1v) is 10.6. The largest absolute Gasteiger partial charge is 0.361 e. The van der Waals surface area contributed by atoms with Gasteiger partial charge in [-0.25, -0.2) is 4.98 Å². The Morgan fingerprint density at radius 3 is 2.73 bits per heavy atom. The summed E-state index contributed by atoms with van der Waals surface area (Å²) in [6.07, 6.45) is 4.91. The second kappa shape index (κ2) is 9.63. The van der Waals surface area contributed by atoms with Crippen molar-refractivity contribution in [1.29, 1.82) is 0 Å². The average molecular weight is 406 g/mol. The number of piperazine rings is 1. The molecule has 3 heterocycles. The van der Waals surface area contributed by atoms with E-state index in [0.717, 1.165) is 50.9 Å². The summed E-state index contributed by atoms with van der Waals surface area (Å²) < 4.78 is 0. The monoisotopic (exact) mass is 405 g/mol. The molecule has 1 fully saturated rings. The minimum Gasteiger partial charge on any atom is -0.361 e.